The van der Waals surface area contributed by atoms with Crippen molar-refractivity contribution < 1.29 is 0 Å². The van der Waals surface area contributed by atoms with E-state index in [4.69, 9.17) is 0 Å². The topological polar surface area (TPSA) is 15.3 Å². The predicted octanol–water partition coefficient (Wildman–Crippen LogP) is 3.23. The average molecular weight is 264 g/mol. The third-order valence-corrected chi connectivity index (χ3v) is 4.49. The molecule has 0 amide bonds. The molecule has 0 spiro atoms. The quantitative estimate of drug-likeness (QED) is 0.849. The molecule has 3 heteroatoms. The van der Waals surface area contributed by atoms with Crippen LogP contribution < -0.4 is 5.32 Å². The van der Waals surface area contributed by atoms with E-state index >= 15 is 0 Å². The first kappa shape index (κ1) is 13.8. The zero-order chi connectivity index (χ0) is 13.0. The summed E-state index contributed by atoms with van der Waals surface area (Å²) in [6.07, 6.45) is 4.62. The van der Waals surface area contributed by atoms with Crippen molar-refractivity contribution in [3.8, 4) is 0 Å². The molecular weight excluding hydrogens is 240 g/mol. The number of fused-ring (bicyclic) bond motifs is 1. The van der Waals surface area contributed by atoms with Crippen molar-refractivity contribution in [3.63, 3.8) is 0 Å². The van der Waals surface area contributed by atoms with Gasteiger partial charge in [-0.3, -0.25) is 4.90 Å². The van der Waals surface area contributed by atoms with Crippen molar-refractivity contribution in [2.24, 2.45) is 0 Å². The number of hydrogen-bond acceptors (Lipinski definition) is 3. The van der Waals surface area contributed by atoms with Gasteiger partial charge in [0.15, 0.2) is 0 Å². The van der Waals surface area contributed by atoms with Crippen molar-refractivity contribution in [1.29, 1.82) is 0 Å². The number of nitrogens with zero attached hydrogens (tertiary/aromatic N) is 1. The molecule has 1 aliphatic heterocycles. The first-order valence-corrected chi connectivity index (χ1v) is 8.15. The lowest BCUT2D eigenvalue weighted by molar-refractivity contribution is 0.245. The Morgan fingerprint density at radius 1 is 1.44 bits per heavy atom. The summed E-state index contributed by atoms with van der Waals surface area (Å²) in [6.45, 7) is 4.47. The third-order valence-electron chi connectivity index (χ3n) is 3.85. The highest BCUT2D eigenvalue weighted by molar-refractivity contribution is 7.98. The minimum Gasteiger partial charge on any atom is -0.384 e. The largest absolute Gasteiger partial charge is 0.384 e. The van der Waals surface area contributed by atoms with Crippen molar-refractivity contribution in [1.82, 2.24) is 4.90 Å². The first-order chi connectivity index (χ1) is 8.72. The molecule has 2 rings (SSSR count). The van der Waals surface area contributed by atoms with E-state index in [0.717, 1.165) is 13.1 Å². The van der Waals surface area contributed by atoms with Crippen LogP contribution in [0.15, 0.2) is 18.2 Å². The summed E-state index contributed by atoms with van der Waals surface area (Å²) < 4.78 is 0. The normalized spacial score (nSPS) is 15.6. The van der Waals surface area contributed by atoms with E-state index in [1.807, 2.05) is 11.8 Å². The summed E-state index contributed by atoms with van der Waals surface area (Å²) in [5.74, 6) is 1.25. The Hall–Kier alpha value is -0.670. The lowest BCUT2D eigenvalue weighted by Crippen LogP contribution is -2.29. The van der Waals surface area contributed by atoms with Crippen LogP contribution in [0.25, 0.3) is 0 Å². The van der Waals surface area contributed by atoms with Crippen molar-refractivity contribution >= 4 is 17.4 Å². The minimum absolute atomic E-state index is 0.648. The molecule has 1 aliphatic rings. The molecule has 1 atom stereocenters. The van der Waals surface area contributed by atoms with Crippen molar-refractivity contribution in [2.75, 3.05) is 30.9 Å². The zero-order valence-electron chi connectivity index (χ0n) is 11.7. The monoisotopic (exact) mass is 264 g/mol. The zero-order valence-corrected chi connectivity index (χ0v) is 12.5. The molecular formula is C15H24N2S. The minimum atomic E-state index is 0.648. The fourth-order valence-electron chi connectivity index (χ4n) is 2.48. The number of benzene rings is 1. The van der Waals surface area contributed by atoms with E-state index in [9.17, 15) is 0 Å². The van der Waals surface area contributed by atoms with Gasteiger partial charge in [-0.15, -0.1) is 0 Å². The van der Waals surface area contributed by atoms with Gasteiger partial charge in [-0.1, -0.05) is 18.2 Å². The highest BCUT2D eigenvalue weighted by Crippen LogP contribution is 2.27. The van der Waals surface area contributed by atoms with E-state index in [-0.39, 0.29) is 0 Å². The standard InChI is InChI=1S/C15H24N2S/c1-12(8-10-18-3)17(2)11-14-6-4-5-13-7-9-16-15(13)14/h4-6,12,16H,7-11H2,1-3H3. The smallest absolute Gasteiger partial charge is 0.0419 e. The molecule has 1 aromatic rings. The van der Waals surface area contributed by atoms with Crippen LogP contribution >= 0.6 is 11.8 Å². The average Bonchev–Trinajstić information content (AvgIpc) is 2.85. The molecule has 1 heterocycles. The summed E-state index contributed by atoms with van der Waals surface area (Å²) in [5, 5.41) is 3.53. The van der Waals surface area contributed by atoms with Crippen LogP contribution in [-0.2, 0) is 13.0 Å². The molecule has 1 N–H and O–H groups in total. The first-order valence-electron chi connectivity index (χ1n) is 6.76. The van der Waals surface area contributed by atoms with Gasteiger partial charge in [-0.05, 0) is 49.9 Å². The Labute approximate surface area is 115 Å². The molecule has 2 nitrogen and oxygen atoms in total. The number of thioether (sulfide) groups is 1. The van der Waals surface area contributed by atoms with Crippen LogP contribution in [0.2, 0.25) is 0 Å². The number of para-hydroxylation sites is 1. The molecule has 0 bridgehead atoms. The Balaban J connectivity index is 1.99. The molecule has 0 aliphatic carbocycles. The number of hydrogen-bond donors (Lipinski definition) is 1. The second-order valence-corrected chi connectivity index (χ2v) is 6.16. The number of anilines is 1. The van der Waals surface area contributed by atoms with Crippen molar-refractivity contribution in [3.05, 3.63) is 29.3 Å². The Morgan fingerprint density at radius 2 is 2.28 bits per heavy atom. The fourth-order valence-corrected chi connectivity index (χ4v) is 3.05. The maximum absolute atomic E-state index is 3.53. The summed E-state index contributed by atoms with van der Waals surface area (Å²) in [6, 6.07) is 7.35. The molecule has 0 aromatic heterocycles. The van der Waals surface area contributed by atoms with Gasteiger partial charge in [-0.2, -0.15) is 11.8 Å². The lowest BCUT2D eigenvalue weighted by Gasteiger charge is -2.25. The van der Waals surface area contributed by atoms with Crippen LogP contribution in [0.3, 0.4) is 0 Å². The second-order valence-electron chi connectivity index (χ2n) is 5.17. The van der Waals surface area contributed by atoms with Gasteiger partial charge in [0.1, 0.15) is 0 Å². The van der Waals surface area contributed by atoms with Gasteiger partial charge in [0, 0.05) is 24.8 Å². The number of rotatable bonds is 6. The fraction of sp³-hybridized carbons (Fsp3) is 0.600. The van der Waals surface area contributed by atoms with Gasteiger partial charge in [0.05, 0.1) is 0 Å². The number of nitrogens with one attached hydrogen (secondary N) is 1. The summed E-state index contributed by atoms with van der Waals surface area (Å²) >= 11 is 1.93. The van der Waals surface area contributed by atoms with Crippen LogP contribution in [0.5, 0.6) is 0 Å². The molecule has 100 valence electrons. The molecule has 0 fully saturated rings. The van der Waals surface area contributed by atoms with Crippen molar-refractivity contribution in [2.45, 2.75) is 32.4 Å². The maximum Gasteiger partial charge on any atom is 0.0419 e. The highest BCUT2D eigenvalue weighted by atomic mass is 32.2. The Kier molecular flexibility index (Phi) is 4.95. The van der Waals surface area contributed by atoms with Gasteiger partial charge in [-0.25, -0.2) is 0 Å². The van der Waals surface area contributed by atoms with Gasteiger partial charge in [0.25, 0.3) is 0 Å². The summed E-state index contributed by atoms with van der Waals surface area (Å²) in [5.41, 5.74) is 4.32. The Bertz CT molecular complexity index is 392. The molecule has 0 saturated carbocycles. The lowest BCUT2D eigenvalue weighted by atomic mass is 10.1. The van der Waals surface area contributed by atoms with Crippen LogP contribution in [-0.4, -0.2) is 36.5 Å². The predicted molar refractivity (Wildman–Crippen MR) is 82.6 cm³/mol. The van der Waals surface area contributed by atoms with E-state index in [2.05, 4.69) is 48.6 Å². The Morgan fingerprint density at radius 3 is 3.06 bits per heavy atom. The van der Waals surface area contributed by atoms with Crippen LogP contribution in [0, 0.1) is 0 Å². The molecule has 1 unspecified atom stereocenters. The highest BCUT2D eigenvalue weighted by Gasteiger charge is 2.16. The van der Waals surface area contributed by atoms with Crippen LogP contribution in [0.1, 0.15) is 24.5 Å². The SMILES string of the molecule is CSCCC(C)N(C)Cc1cccc2c1NCC2. The van der Waals surface area contributed by atoms with Gasteiger partial charge in [0.2, 0.25) is 0 Å². The molecule has 18 heavy (non-hydrogen) atoms. The van der Waals surface area contributed by atoms with Gasteiger partial charge < -0.3 is 5.32 Å². The molecule has 1 aromatic carbocycles. The van der Waals surface area contributed by atoms with E-state index in [1.54, 1.807) is 0 Å². The van der Waals surface area contributed by atoms with E-state index in [1.165, 1.54) is 35.4 Å². The summed E-state index contributed by atoms with van der Waals surface area (Å²) in [7, 11) is 2.24. The maximum atomic E-state index is 3.53. The molecule has 0 radical (unpaired) electrons. The van der Waals surface area contributed by atoms with E-state index in [0.29, 0.717) is 6.04 Å². The molecule has 0 saturated heterocycles. The van der Waals surface area contributed by atoms with Crippen LogP contribution in [0.4, 0.5) is 5.69 Å². The second kappa shape index (κ2) is 6.48. The van der Waals surface area contributed by atoms with E-state index < -0.39 is 0 Å². The summed E-state index contributed by atoms with van der Waals surface area (Å²) in [4.78, 5) is 2.46. The third kappa shape index (κ3) is 3.21. The van der Waals surface area contributed by atoms with Gasteiger partial charge >= 0.3 is 0 Å².